The maximum Gasteiger partial charge on any atom is 0.266 e. The van der Waals surface area contributed by atoms with Crippen LogP contribution in [0.25, 0.3) is 17.4 Å². The molecule has 0 unspecified atom stereocenters. The smallest absolute Gasteiger partial charge is 0.266 e. The molecule has 1 amide bonds. The van der Waals surface area contributed by atoms with Crippen LogP contribution in [-0.2, 0) is 4.79 Å². The molecule has 28 heavy (non-hydrogen) atoms. The van der Waals surface area contributed by atoms with E-state index in [1.165, 1.54) is 42.5 Å². The predicted molar refractivity (Wildman–Crippen MR) is 97.1 cm³/mol. The van der Waals surface area contributed by atoms with Crippen LogP contribution in [0.1, 0.15) is 16.1 Å². The van der Waals surface area contributed by atoms with Gasteiger partial charge in [0.1, 0.15) is 29.0 Å². The number of amides is 1. The highest BCUT2D eigenvalue weighted by molar-refractivity contribution is 6.09. The van der Waals surface area contributed by atoms with Crippen LogP contribution in [0.3, 0.4) is 0 Å². The number of furan rings is 1. The SMILES string of the molecule is N#C/C(=C/c1ccc(-c2ccc(C(=O)[O-])cc2)o1)C(=O)Nc1ccc(F)cc1. The van der Waals surface area contributed by atoms with Crippen LogP contribution in [0.4, 0.5) is 10.1 Å². The molecule has 6 nitrogen and oxygen atoms in total. The molecule has 0 aliphatic rings. The number of nitrogens with one attached hydrogen (secondary N) is 1. The first-order valence-corrected chi connectivity index (χ1v) is 8.06. The Bertz CT molecular complexity index is 1090. The molecule has 0 atom stereocenters. The van der Waals surface area contributed by atoms with Gasteiger partial charge in [-0.15, -0.1) is 0 Å². The average molecular weight is 375 g/mol. The van der Waals surface area contributed by atoms with E-state index in [1.807, 2.05) is 0 Å². The molecule has 138 valence electrons. The lowest BCUT2D eigenvalue weighted by molar-refractivity contribution is -0.255. The monoisotopic (exact) mass is 375 g/mol. The van der Waals surface area contributed by atoms with Gasteiger partial charge in [0, 0.05) is 17.3 Å². The van der Waals surface area contributed by atoms with Crippen molar-refractivity contribution in [2.75, 3.05) is 5.32 Å². The van der Waals surface area contributed by atoms with Gasteiger partial charge in [0.15, 0.2) is 0 Å². The largest absolute Gasteiger partial charge is 0.545 e. The Hall–Kier alpha value is -4.18. The number of halogens is 1. The molecule has 3 rings (SSSR count). The van der Waals surface area contributed by atoms with E-state index in [0.29, 0.717) is 17.0 Å². The molecule has 0 fully saturated rings. The van der Waals surface area contributed by atoms with Gasteiger partial charge < -0.3 is 19.6 Å². The van der Waals surface area contributed by atoms with Crippen LogP contribution in [0.15, 0.2) is 70.7 Å². The first-order chi connectivity index (χ1) is 13.5. The van der Waals surface area contributed by atoms with E-state index >= 15 is 0 Å². The first kappa shape index (κ1) is 18.6. The van der Waals surface area contributed by atoms with E-state index in [0.717, 1.165) is 0 Å². The second-order valence-electron chi connectivity index (χ2n) is 5.70. The number of rotatable bonds is 5. The number of benzene rings is 2. The number of anilines is 1. The van der Waals surface area contributed by atoms with Crippen molar-refractivity contribution in [1.29, 1.82) is 5.26 Å². The van der Waals surface area contributed by atoms with E-state index in [9.17, 15) is 24.3 Å². The van der Waals surface area contributed by atoms with Crippen molar-refractivity contribution in [2.24, 2.45) is 0 Å². The summed E-state index contributed by atoms with van der Waals surface area (Å²) in [6.45, 7) is 0. The minimum atomic E-state index is -1.28. The molecule has 0 spiro atoms. The predicted octanol–water partition coefficient (Wildman–Crippen LogP) is 2.99. The van der Waals surface area contributed by atoms with E-state index in [-0.39, 0.29) is 16.9 Å². The zero-order valence-electron chi connectivity index (χ0n) is 14.3. The van der Waals surface area contributed by atoms with Crippen molar-refractivity contribution < 1.29 is 23.5 Å². The van der Waals surface area contributed by atoms with Gasteiger partial charge in [-0.05, 0) is 42.0 Å². The molecule has 0 radical (unpaired) electrons. The molecular formula is C21H12FN2O4-. The van der Waals surface area contributed by atoms with Gasteiger partial charge in [-0.3, -0.25) is 4.79 Å². The maximum atomic E-state index is 12.9. The molecular weight excluding hydrogens is 363 g/mol. The molecule has 3 aromatic rings. The molecule has 0 aliphatic carbocycles. The number of nitriles is 1. The maximum absolute atomic E-state index is 12.9. The summed E-state index contributed by atoms with van der Waals surface area (Å²) in [6, 6.07) is 16.0. The number of hydrogen-bond acceptors (Lipinski definition) is 5. The Kier molecular flexibility index (Phi) is 5.33. The van der Waals surface area contributed by atoms with Crippen LogP contribution >= 0.6 is 0 Å². The molecule has 1 heterocycles. The van der Waals surface area contributed by atoms with Gasteiger partial charge in [-0.2, -0.15) is 5.26 Å². The van der Waals surface area contributed by atoms with E-state index in [4.69, 9.17) is 4.42 Å². The van der Waals surface area contributed by atoms with Gasteiger partial charge in [-0.1, -0.05) is 24.3 Å². The standard InChI is InChI=1S/C21H13FN2O4/c22-16-5-7-17(8-6-16)24-20(25)15(12-23)11-18-9-10-19(28-18)13-1-3-14(4-2-13)21(26)27/h1-11H,(H,24,25)(H,26,27)/p-1/b15-11-. The van der Waals surface area contributed by atoms with E-state index < -0.39 is 17.7 Å². The first-order valence-electron chi connectivity index (χ1n) is 8.06. The number of nitrogens with zero attached hydrogens (tertiary/aromatic N) is 1. The number of hydrogen-bond donors (Lipinski definition) is 1. The van der Waals surface area contributed by atoms with Crippen molar-refractivity contribution in [3.63, 3.8) is 0 Å². The third-order valence-electron chi connectivity index (χ3n) is 3.79. The zero-order valence-corrected chi connectivity index (χ0v) is 14.3. The van der Waals surface area contributed by atoms with Crippen LogP contribution < -0.4 is 10.4 Å². The second kappa shape index (κ2) is 8.01. The third kappa shape index (κ3) is 4.31. The highest BCUT2D eigenvalue weighted by Crippen LogP contribution is 2.24. The van der Waals surface area contributed by atoms with E-state index in [1.54, 1.807) is 30.3 Å². The fraction of sp³-hybridized carbons (Fsp3) is 0. The van der Waals surface area contributed by atoms with Crippen LogP contribution in [-0.4, -0.2) is 11.9 Å². The van der Waals surface area contributed by atoms with Crippen molar-refractivity contribution in [2.45, 2.75) is 0 Å². The van der Waals surface area contributed by atoms with Gasteiger partial charge >= 0.3 is 0 Å². The molecule has 0 saturated carbocycles. The molecule has 7 heteroatoms. The van der Waals surface area contributed by atoms with Crippen LogP contribution in [0.2, 0.25) is 0 Å². The van der Waals surface area contributed by atoms with E-state index in [2.05, 4.69) is 5.32 Å². The molecule has 1 N–H and O–H groups in total. The highest BCUT2D eigenvalue weighted by atomic mass is 19.1. The summed E-state index contributed by atoms with van der Waals surface area (Å²) in [6.07, 6.45) is 1.28. The number of carbonyl (C=O) groups is 2. The fourth-order valence-electron chi connectivity index (χ4n) is 2.38. The zero-order chi connectivity index (χ0) is 20.1. The normalized spacial score (nSPS) is 10.9. The van der Waals surface area contributed by atoms with Crippen molar-refractivity contribution in [1.82, 2.24) is 0 Å². The summed E-state index contributed by atoms with van der Waals surface area (Å²) in [5.41, 5.74) is 0.816. The van der Waals surface area contributed by atoms with Gasteiger partial charge in [-0.25, -0.2) is 4.39 Å². The second-order valence-corrected chi connectivity index (χ2v) is 5.70. The quantitative estimate of drug-likeness (QED) is 0.545. The Morgan fingerprint density at radius 3 is 2.32 bits per heavy atom. The molecule has 0 aliphatic heterocycles. The lowest BCUT2D eigenvalue weighted by Gasteiger charge is -2.04. The van der Waals surface area contributed by atoms with Crippen LogP contribution in [0.5, 0.6) is 0 Å². The number of aromatic carboxylic acids is 1. The summed E-state index contributed by atoms with van der Waals surface area (Å²) >= 11 is 0. The Morgan fingerprint density at radius 2 is 1.71 bits per heavy atom. The number of carboxylic acids is 1. The topological polar surface area (TPSA) is 106 Å². The third-order valence-corrected chi connectivity index (χ3v) is 3.79. The molecule has 1 aromatic heterocycles. The van der Waals surface area contributed by atoms with Crippen molar-refractivity contribution >= 4 is 23.6 Å². The van der Waals surface area contributed by atoms with Gasteiger partial charge in [0.25, 0.3) is 5.91 Å². The fourth-order valence-corrected chi connectivity index (χ4v) is 2.38. The lowest BCUT2D eigenvalue weighted by atomic mass is 10.1. The summed E-state index contributed by atoms with van der Waals surface area (Å²) < 4.78 is 18.5. The molecule has 2 aromatic carbocycles. The average Bonchev–Trinajstić information content (AvgIpc) is 3.16. The minimum Gasteiger partial charge on any atom is -0.545 e. The Morgan fingerprint density at radius 1 is 1.04 bits per heavy atom. The number of carboxylic acid groups (broad SMARTS) is 1. The summed E-state index contributed by atoms with van der Waals surface area (Å²) in [5, 5.41) is 22.5. The van der Waals surface area contributed by atoms with Gasteiger partial charge in [0.2, 0.25) is 0 Å². The Labute approximate surface area is 159 Å². The summed E-state index contributed by atoms with van der Waals surface area (Å²) in [4.78, 5) is 23.0. The summed E-state index contributed by atoms with van der Waals surface area (Å²) in [5.74, 6) is -1.67. The minimum absolute atomic E-state index is 0.0413. The van der Waals surface area contributed by atoms with Crippen molar-refractivity contribution in [3.05, 3.63) is 83.4 Å². The van der Waals surface area contributed by atoms with Crippen LogP contribution in [0, 0.1) is 17.1 Å². The number of carbonyl (C=O) groups excluding carboxylic acids is 2. The molecule has 0 bridgehead atoms. The summed E-state index contributed by atoms with van der Waals surface area (Å²) in [7, 11) is 0. The van der Waals surface area contributed by atoms with Crippen molar-refractivity contribution in [3.8, 4) is 17.4 Å². The molecule has 0 saturated heterocycles. The van der Waals surface area contributed by atoms with Gasteiger partial charge in [0.05, 0.1) is 5.97 Å². The lowest BCUT2D eigenvalue weighted by Crippen LogP contribution is -2.21. The highest BCUT2D eigenvalue weighted by Gasteiger charge is 2.12. The Balaban J connectivity index is 1.78.